The number of rotatable bonds is 4. The fraction of sp³-hybridized carbons (Fsp3) is 0.667. The summed E-state index contributed by atoms with van der Waals surface area (Å²) >= 11 is 0. The molecule has 0 saturated carbocycles. The number of guanidine groups is 1. The van der Waals surface area contributed by atoms with Crippen LogP contribution in [0, 0.1) is 0 Å². The number of carbonyl (C=O) groups excluding carboxylic acids is 1. The standard InChI is InChI=1S/C6H15N5O/c1-10-5(12)4(7)2-3-11-6(8)9/h4H,2-3,7H2,1H3,(H,10,12)(H4,8,9,11)/t4-/m1/s1. The molecular formula is C6H15N5O. The number of hydrogen-bond acceptors (Lipinski definition) is 3. The van der Waals surface area contributed by atoms with Crippen molar-refractivity contribution in [2.45, 2.75) is 12.5 Å². The molecule has 0 aromatic carbocycles. The summed E-state index contributed by atoms with van der Waals surface area (Å²) < 4.78 is 0. The molecule has 0 aromatic heterocycles. The monoisotopic (exact) mass is 173 g/mol. The van der Waals surface area contributed by atoms with Crippen molar-refractivity contribution < 1.29 is 4.79 Å². The van der Waals surface area contributed by atoms with Crippen molar-refractivity contribution >= 4 is 11.9 Å². The van der Waals surface area contributed by atoms with Crippen LogP contribution >= 0.6 is 0 Å². The normalized spacial score (nSPS) is 11.8. The van der Waals surface area contributed by atoms with Crippen molar-refractivity contribution in [3.05, 3.63) is 0 Å². The summed E-state index contributed by atoms with van der Waals surface area (Å²) in [6.07, 6.45) is 0.442. The van der Waals surface area contributed by atoms with Crippen molar-refractivity contribution in [2.75, 3.05) is 13.6 Å². The molecule has 0 radical (unpaired) electrons. The smallest absolute Gasteiger partial charge is 0.236 e. The van der Waals surface area contributed by atoms with Crippen LogP contribution in [0.25, 0.3) is 0 Å². The van der Waals surface area contributed by atoms with E-state index in [1.165, 1.54) is 7.05 Å². The molecule has 0 saturated heterocycles. The van der Waals surface area contributed by atoms with Gasteiger partial charge >= 0.3 is 0 Å². The third kappa shape index (κ3) is 4.51. The molecule has 0 rings (SSSR count). The zero-order valence-electron chi connectivity index (χ0n) is 7.08. The van der Waals surface area contributed by atoms with E-state index < -0.39 is 6.04 Å². The minimum atomic E-state index is -0.543. The average molecular weight is 173 g/mol. The van der Waals surface area contributed by atoms with Crippen molar-refractivity contribution in [3.8, 4) is 0 Å². The molecule has 0 fully saturated rings. The topological polar surface area (TPSA) is 120 Å². The Morgan fingerprint density at radius 1 is 1.58 bits per heavy atom. The van der Waals surface area contributed by atoms with Gasteiger partial charge in [0.15, 0.2) is 5.96 Å². The minimum absolute atomic E-state index is 0.0131. The number of likely N-dealkylation sites (N-methyl/N-ethyl adjacent to an activating group) is 1. The molecule has 0 bridgehead atoms. The summed E-state index contributed by atoms with van der Waals surface area (Å²) in [7, 11) is 1.53. The van der Waals surface area contributed by atoms with Gasteiger partial charge in [-0.05, 0) is 6.42 Å². The second-order valence-electron chi connectivity index (χ2n) is 2.32. The summed E-state index contributed by atoms with van der Waals surface area (Å²) in [4.78, 5) is 14.5. The predicted molar refractivity (Wildman–Crippen MR) is 47.3 cm³/mol. The van der Waals surface area contributed by atoms with Gasteiger partial charge in [0.1, 0.15) is 0 Å². The van der Waals surface area contributed by atoms with Crippen LogP contribution in [-0.2, 0) is 4.79 Å². The Morgan fingerprint density at radius 3 is 2.58 bits per heavy atom. The first-order valence-electron chi connectivity index (χ1n) is 3.60. The third-order valence-corrected chi connectivity index (χ3v) is 1.32. The van der Waals surface area contributed by atoms with E-state index in [0.29, 0.717) is 13.0 Å². The molecule has 0 aliphatic rings. The van der Waals surface area contributed by atoms with Gasteiger partial charge in [0.05, 0.1) is 6.04 Å². The van der Waals surface area contributed by atoms with Gasteiger partial charge < -0.3 is 22.5 Å². The molecule has 0 aromatic rings. The summed E-state index contributed by atoms with van der Waals surface area (Å²) in [5, 5.41) is 2.43. The van der Waals surface area contributed by atoms with Gasteiger partial charge in [0.25, 0.3) is 0 Å². The van der Waals surface area contributed by atoms with Crippen LogP contribution in [0.5, 0.6) is 0 Å². The minimum Gasteiger partial charge on any atom is -0.370 e. The maximum atomic E-state index is 10.8. The van der Waals surface area contributed by atoms with E-state index in [9.17, 15) is 4.79 Å². The lowest BCUT2D eigenvalue weighted by Gasteiger charge is -2.07. The summed E-state index contributed by atoms with van der Waals surface area (Å²) in [5.41, 5.74) is 15.6. The van der Waals surface area contributed by atoms with Gasteiger partial charge in [0.2, 0.25) is 5.91 Å². The quantitative estimate of drug-likeness (QED) is 0.283. The highest BCUT2D eigenvalue weighted by molar-refractivity contribution is 5.81. The highest BCUT2D eigenvalue weighted by Gasteiger charge is 2.09. The Morgan fingerprint density at radius 2 is 2.17 bits per heavy atom. The predicted octanol–water partition coefficient (Wildman–Crippen LogP) is -2.28. The van der Waals surface area contributed by atoms with E-state index in [0.717, 1.165) is 0 Å². The van der Waals surface area contributed by atoms with Crippen LogP contribution in [0.4, 0.5) is 0 Å². The van der Waals surface area contributed by atoms with E-state index in [4.69, 9.17) is 17.2 Å². The molecule has 0 aliphatic carbocycles. The fourth-order valence-corrected chi connectivity index (χ4v) is 0.649. The molecular weight excluding hydrogens is 158 g/mol. The van der Waals surface area contributed by atoms with Crippen LogP contribution in [0.15, 0.2) is 4.99 Å². The first-order chi connectivity index (χ1) is 5.57. The molecule has 0 heterocycles. The van der Waals surface area contributed by atoms with Gasteiger partial charge in [-0.25, -0.2) is 0 Å². The molecule has 6 heteroatoms. The average Bonchev–Trinajstić information content (AvgIpc) is 2.02. The Bertz CT molecular complexity index is 175. The number of carbonyl (C=O) groups is 1. The van der Waals surface area contributed by atoms with Gasteiger partial charge in [-0.15, -0.1) is 0 Å². The lowest BCUT2D eigenvalue weighted by Crippen LogP contribution is -2.39. The van der Waals surface area contributed by atoms with E-state index >= 15 is 0 Å². The second-order valence-corrected chi connectivity index (χ2v) is 2.32. The second kappa shape index (κ2) is 5.36. The third-order valence-electron chi connectivity index (χ3n) is 1.32. The molecule has 0 spiro atoms. The number of hydrogen-bond donors (Lipinski definition) is 4. The number of nitrogens with two attached hydrogens (primary N) is 3. The molecule has 0 unspecified atom stereocenters. The van der Waals surface area contributed by atoms with E-state index in [2.05, 4.69) is 10.3 Å². The van der Waals surface area contributed by atoms with Crippen molar-refractivity contribution in [2.24, 2.45) is 22.2 Å². The van der Waals surface area contributed by atoms with Crippen molar-refractivity contribution in [1.82, 2.24) is 5.32 Å². The zero-order valence-corrected chi connectivity index (χ0v) is 7.08. The van der Waals surface area contributed by atoms with Gasteiger partial charge in [-0.3, -0.25) is 9.79 Å². The number of aliphatic imine (C=N–C) groups is 1. The Balaban J connectivity index is 3.64. The van der Waals surface area contributed by atoms with Crippen LogP contribution in [0.3, 0.4) is 0 Å². The van der Waals surface area contributed by atoms with E-state index in [-0.39, 0.29) is 11.9 Å². The van der Waals surface area contributed by atoms with Crippen LogP contribution in [0.1, 0.15) is 6.42 Å². The largest absolute Gasteiger partial charge is 0.370 e. The lowest BCUT2D eigenvalue weighted by atomic mass is 10.2. The summed E-state index contributed by atoms with van der Waals surface area (Å²) in [5.74, 6) is -0.195. The van der Waals surface area contributed by atoms with Crippen molar-refractivity contribution in [3.63, 3.8) is 0 Å². The Hall–Kier alpha value is -1.30. The molecule has 1 atom stereocenters. The molecule has 7 N–H and O–H groups in total. The first kappa shape index (κ1) is 10.7. The zero-order chi connectivity index (χ0) is 9.56. The summed E-state index contributed by atoms with van der Waals surface area (Å²) in [6.45, 7) is 0.372. The van der Waals surface area contributed by atoms with Crippen molar-refractivity contribution in [1.29, 1.82) is 0 Å². The van der Waals surface area contributed by atoms with Gasteiger partial charge in [-0.1, -0.05) is 0 Å². The molecule has 70 valence electrons. The highest BCUT2D eigenvalue weighted by Crippen LogP contribution is 1.88. The first-order valence-corrected chi connectivity index (χ1v) is 3.60. The maximum absolute atomic E-state index is 10.8. The molecule has 1 amide bonds. The summed E-state index contributed by atoms with van der Waals surface area (Å²) in [6, 6.07) is -0.543. The molecule has 0 aliphatic heterocycles. The number of nitrogens with one attached hydrogen (secondary N) is 1. The van der Waals surface area contributed by atoms with Crippen LogP contribution in [0.2, 0.25) is 0 Å². The molecule has 12 heavy (non-hydrogen) atoms. The van der Waals surface area contributed by atoms with E-state index in [1.807, 2.05) is 0 Å². The SMILES string of the molecule is CNC(=O)[C@H](N)CCN=C(N)N. The lowest BCUT2D eigenvalue weighted by molar-refractivity contribution is -0.121. The Kier molecular flexibility index (Phi) is 4.78. The van der Waals surface area contributed by atoms with E-state index in [1.54, 1.807) is 0 Å². The maximum Gasteiger partial charge on any atom is 0.236 e. The number of nitrogens with zero attached hydrogens (tertiary/aromatic N) is 1. The van der Waals surface area contributed by atoms with Gasteiger partial charge in [-0.2, -0.15) is 0 Å². The van der Waals surface area contributed by atoms with Crippen LogP contribution < -0.4 is 22.5 Å². The fourth-order valence-electron chi connectivity index (χ4n) is 0.649. The van der Waals surface area contributed by atoms with Crippen LogP contribution in [-0.4, -0.2) is 31.5 Å². The highest BCUT2D eigenvalue weighted by atomic mass is 16.2. The van der Waals surface area contributed by atoms with Gasteiger partial charge in [0, 0.05) is 13.6 Å². The molecule has 6 nitrogen and oxygen atoms in total. The number of amides is 1. The Labute approximate surface area is 71.2 Å².